The van der Waals surface area contributed by atoms with Gasteiger partial charge in [-0.2, -0.15) is 13.5 Å². The molecular weight excluding hydrogens is 367 g/mol. The summed E-state index contributed by atoms with van der Waals surface area (Å²) >= 11 is 0. The zero-order valence-corrected chi connectivity index (χ0v) is 13.9. The number of phenolic OH excluding ortho intramolecular Hbond substituents is 1. The number of benzene rings is 3. The number of rotatable bonds is 4. The third-order valence-corrected chi connectivity index (χ3v) is 4.43. The number of methoxy groups -OCH3 is 1. The van der Waals surface area contributed by atoms with Gasteiger partial charge in [-0.05, 0) is 47.9 Å². The molecule has 3 rings (SSSR count). The summed E-state index contributed by atoms with van der Waals surface area (Å²) in [7, 11) is -2.75. The number of nitrogens with zero attached hydrogens (tertiary/aromatic N) is 2. The minimum atomic E-state index is -4.31. The Bertz CT molecular complexity index is 1070. The van der Waals surface area contributed by atoms with E-state index in [9.17, 15) is 13.5 Å². The molecule has 0 saturated carbocycles. The third-order valence-electron chi connectivity index (χ3n) is 3.58. The molecule has 9 heteroatoms. The molecule has 0 aliphatic rings. The van der Waals surface area contributed by atoms with Crippen LogP contribution < -0.4 is 4.74 Å². The molecule has 0 saturated heterocycles. The van der Waals surface area contributed by atoms with Crippen molar-refractivity contribution in [1.82, 2.24) is 0 Å². The van der Waals surface area contributed by atoms with Gasteiger partial charge in [-0.25, -0.2) is 0 Å². The fourth-order valence-electron chi connectivity index (χ4n) is 2.30. The van der Waals surface area contributed by atoms with Crippen LogP contribution in [0.2, 0.25) is 0 Å². The molecule has 3 aromatic rings. The van der Waals surface area contributed by atoms with Crippen LogP contribution in [0.4, 0.5) is 11.4 Å². The predicted molar refractivity (Wildman–Crippen MR) is 99.7 cm³/mol. The Morgan fingerprint density at radius 1 is 0.962 bits per heavy atom. The summed E-state index contributed by atoms with van der Waals surface area (Å²) in [6, 6.07) is 13.8. The van der Waals surface area contributed by atoms with E-state index in [0.717, 1.165) is 0 Å². The van der Waals surface area contributed by atoms with Crippen LogP contribution >= 0.6 is 0 Å². The second-order valence-electron chi connectivity index (χ2n) is 5.19. The molecule has 0 fully saturated rings. The number of fused-ring (bicyclic) bond motifs is 1. The van der Waals surface area contributed by atoms with E-state index >= 15 is 0 Å². The summed E-state index contributed by atoms with van der Waals surface area (Å²) in [6.07, 6.45) is 0. The number of phenols is 1. The first-order chi connectivity index (χ1) is 11.9. The average molecular weight is 382 g/mol. The van der Waals surface area contributed by atoms with Crippen molar-refractivity contribution in [3.8, 4) is 11.5 Å². The number of aromatic hydroxyl groups is 1. The molecule has 130 valence electrons. The molecule has 0 heterocycles. The second-order valence-corrected chi connectivity index (χ2v) is 6.61. The van der Waals surface area contributed by atoms with E-state index in [4.69, 9.17) is 9.29 Å². The number of hydrogen-bond acceptors (Lipinski definition) is 6. The Hall–Kier alpha value is -1.97. The molecule has 0 aliphatic carbocycles. The van der Waals surface area contributed by atoms with Gasteiger partial charge in [0.1, 0.15) is 17.2 Å². The van der Waals surface area contributed by atoms with Gasteiger partial charge in [-0.3, -0.25) is 4.55 Å². The van der Waals surface area contributed by atoms with Gasteiger partial charge in [0.15, 0.2) is 0 Å². The van der Waals surface area contributed by atoms with Gasteiger partial charge in [-0.15, -0.1) is 5.11 Å². The summed E-state index contributed by atoms with van der Waals surface area (Å²) < 4.78 is 36.7. The quantitative estimate of drug-likeness (QED) is 0.407. The second kappa shape index (κ2) is 8.15. The predicted octanol–water partition coefficient (Wildman–Crippen LogP) is 3.57. The number of azo groups is 1. The van der Waals surface area contributed by atoms with Crippen LogP contribution in [-0.2, 0) is 10.1 Å². The Morgan fingerprint density at radius 2 is 1.65 bits per heavy atom. The van der Waals surface area contributed by atoms with Gasteiger partial charge in [0.2, 0.25) is 0 Å². The van der Waals surface area contributed by atoms with Crippen LogP contribution in [0.1, 0.15) is 0 Å². The fraction of sp³-hybridized carbons (Fsp3) is 0.0588. The Kier molecular flexibility index (Phi) is 6.38. The van der Waals surface area contributed by atoms with Crippen LogP contribution in [0.25, 0.3) is 10.8 Å². The van der Waals surface area contributed by atoms with E-state index in [0.29, 0.717) is 22.2 Å². The van der Waals surface area contributed by atoms with E-state index < -0.39 is 10.1 Å². The third kappa shape index (κ3) is 4.40. The molecule has 0 unspecified atom stereocenters. The fourth-order valence-corrected chi connectivity index (χ4v) is 2.82. The molecule has 0 amide bonds. The zero-order chi connectivity index (χ0) is 18.0. The maximum atomic E-state index is 11.2. The number of ether oxygens (including phenoxy) is 1. The molecule has 3 aromatic carbocycles. The molecule has 0 atom stereocenters. The van der Waals surface area contributed by atoms with Crippen LogP contribution in [0.3, 0.4) is 0 Å². The summed E-state index contributed by atoms with van der Waals surface area (Å²) in [5.74, 6) is 0.592. The molecule has 0 aliphatic heterocycles. The molecule has 7 nitrogen and oxygen atoms in total. The molecule has 0 aromatic heterocycles. The first kappa shape index (κ1) is 20.3. The maximum absolute atomic E-state index is 11.2. The van der Waals surface area contributed by atoms with Crippen molar-refractivity contribution in [2.45, 2.75) is 4.90 Å². The first-order valence-corrected chi connectivity index (χ1v) is 8.61. The molecule has 0 bridgehead atoms. The van der Waals surface area contributed by atoms with Crippen molar-refractivity contribution in [3.05, 3.63) is 54.6 Å². The summed E-state index contributed by atoms with van der Waals surface area (Å²) in [5.41, 5.74) is 0.766. The van der Waals surface area contributed by atoms with Crippen molar-refractivity contribution < 1.29 is 22.8 Å². The SMILES string of the molecule is COc1ccc(N=Nc2c(O)ccc3cc(S(=O)(=O)O)ccc23)cc1.[NaH]. The standard InChI is InChI=1S/C17H14N2O5S.Na.H/c1-24-13-5-3-12(4-6-13)18-19-17-15-8-7-14(25(21,22)23)10-11(15)2-9-16(17)20;;/h2-10,20H,1H3,(H,21,22,23);;. The molecule has 0 radical (unpaired) electrons. The Labute approximate surface area is 172 Å². The van der Waals surface area contributed by atoms with E-state index in [1.807, 2.05) is 0 Å². The number of hydrogen-bond donors (Lipinski definition) is 2. The van der Waals surface area contributed by atoms with Gasteiger partial charge < -0.3 is 9.84 Å². The normalized spacial score (nSPS) is 11.5. The topological polar surface area (TPSA) is 109 Å². The monoisotopic (exact) mass is 382 g/mol. The molecular formula is C17H15N2NaO5S. The van der Waals surface area contributed by atoms with Gasteiger partial charge in [-0.1, -0.05) is 12.1 Å². The Balaban J connectivity index is 0.00000243. The van der Waals surface area contributed by atoms with E-state index in [1.54, 1.807) is 31.4 Å². The van der Waals surface area contributed by atoms with E-state index in [2.05, 4.69) is 10.2 Å². The Morgan fingerprint density at radius 3 is 2.27 bits per heavy atom. The average Bonchev–Trinajstić information content (AvgIpc) is 2.60. The van der Waals surface area contributed by atoms with Gasteiger partial charge in [0, 0.05) is 5.39 Å². The van der Waals surface area contributed by atoms with E-state index in [1.165, 1.54) is 30.3 Å². The molecule has 26 heavy (non-hydrogen) atoms. The van der Waals surface area contributed by atoms with Gasteiger partial charge in [0.25, 0.3) is 10.1 Å². The van der Waals surface area contributed by atoms with Crippen molar-refractivity contribution >= 4 is 61.8 Å². The van der Waals surface area contributed by atoms with Gasteiger partial charge >= 0.3 is 29.6 Å². The molecule has 0 spiro atoms. The molecule has 2 N–H and O–H groups in total. The van der Waals surface area contributed by atoms with Crippen molar-refractivity contribution in [2.75, 3.05) is 7.11 Å². The minimum absolute atomic E-state index is 0. The first-order valence-electron chi connectivity index (χ1n) is 7.17. The summed E-state index contributed by atoms with van der Waals surface area (Å²) in [5, 5.41) is 19.2. The van der Waals surface area contributed by atoms with Gasteiger partial charge in [0.05, 0.1) is 17.7 Å². The van der Waals surface area contributed by atoms with Crippen LogP contribution in [0.15, 0.2) is 69.7 Å². The van der Waals surface area contributed by atoms with Crippen LogP contribution in [-0.4, -0.2) is 54.7 Å². The summed E-state index contributed by atoms with van der Waals surface area (Å²) in [4.78, 5) is -0.233. The van der Waals surface area contributed by atoms with Crippen molar-refractivity contribution in [2.24, 2.45) is 10.2 Å². The van der Waals surface area contributed by atoms with Crippen LogP contribution in [0.5, 0.6) is 11.5 Å². The van der Waals surface area contributed by atoms with Crippen molar-refractivity contribution in [1.29, 1.82) is 0 Å². The zero-order valence-electron chi connectivity index (χ0n) is 13.1. The van der Waals surface area contributed by atoms with E-state index in [-0.39, 0.29) is 45.9 Å². The summed E-state index contributed by atoms with van der Waals surface area (Å²) in [6.45, 7) is 0. The van der Waals surface area contributed by atoms with Crippen LogP contribution in [0, 0.1) is 0 Å². The van der Waals surface area contributed by atoms with Crippen molar-refractivity contribution in [3.63, 3.8) is 0 Å².